The minimum Gasteiger partial charge on any atom is -0.455 e. The van der Waals surface area contributed by atoms with Crippen LogP contribution in [0.4, 0.5) is 0 Å². The molecule has 3 aromatic heterocycles. The van der Waals surface area contributed by atoms with Crippen LogP contribution < -0.4 is 0 Å². The van der Waals surface area contributed by atoms with Crippen molar-refractivity contribution in [1.82, 2.24) is 4.40 Å². The summed E-state index contributed by atoms with van der Waals surface area (Å²) in [7, 11) is 0. The summed E-state index contributed by atoms with van der Waals surface area (Å²) in [6.07, 6.45) is 4.30. The van der Waals surface area contributed by atoms with Gasteiger partial charge in [0.05, 0.1) is 11.1 Å². The fraction of sp³-hybridized carbons (Fsp3) is 0. The molecule has 0 aliphatic rings. The highest BCUT2D eigenvalue weighted by Gasteiger charge is 2.23. The molecule has 0 amide bonds. The number of hydrogen-bond donors (Lipinski definition) is 0. The van der Waals surface area contributed by atoms with E-state index in [9.17, 15) is 0 Å². The second-order valence-corrected chi connectivity index (χ2v) is 8.99. The maximum absolute atomic E-state index is 6.91. The molecule has 0 spiro atoms. The molecule has 0 unspecified atom stereocenters. The molecule has 0 radical (unpaired) electrons. The van der Waals surface area contributed by atoms with Gasteiger partial charge in [-0.1, -0.05) is 115 Å². The first kappa shape index (κ1) is 20.5. The lowest BCUT2D eigenvalue weighted by Gasteiger charge is -2.08. The molecule has 7 rings (SSSR count). The summed E-state index contributed by atoms with van der Waals surface area (Å²) in [5.41, 5.74) is 7.99. The van der Waals surface area contributed by atoms with Crippen molar-refractivity contribution in [3.05, 3.63) is 140 Å². The van der Waals surface area contributed by atoms with Crippen LogP contribution in [0.2, 0.25) is 0 Å². The highest BCUT2D eigenvalue weighted by molar-refractivity contribution is 6.09. The molecule has 0 aliphatic carbocycles. The van der Waals surface area contributed by atoms with Gasteiger partial charge in [0.1, 0.15) is 11.5 Å². The third-order valence-electron chi connectivity index (χ3n) is 6.87. The van der Waals surface area contributed by atoms with E-state index in [4.69, 9.17) is 4.42 Å². The van der Waals surface area contributed by atoms with Crippen molar-refractivity contribution >= 4 is 16.3 Å². The predicted molar refractivity (Wildman–Crippen MR) is 149 cm³/mol. The minimum absolute atomic E-state index is 0.898. The van der Waals surface area contributed by atoms with Crippen LogP contribution in [0.1, 0.15) is 0 Å². The molecule has 0 fully saturated rings. The van der Waals surface area contributed by atoms with Crippen molar-refractivity contribution < 1.29 is 4.42 Å². The molecule has 2 nitrogen and oxygen atoms in total. The van der Waals surface area contributed by atoms with Crippen LogP contribution in [0.5, 0.6) is 0 Å². The molecule has 0 aliphatic heterocycles. The average molecular weight is 462 g/mol. The van der Waals surface area contributed by atoms with E-state index in [0.29, 0.717) is 0 Å². The summed E-state index contributed by atoms with van der Waals surface area (Å²) < 4.78 is 9.10. The lowest BCUT2D eigenvalue weighted by Crippen LogP contribution is -1.83. The van der Waals surface area contributed by atoms with Crippen LogP contribution in [-0.4, -0.2) is 4.40 Å². The Balaban J connectivity index is 1.54. The number of fused-ring (bicyclic) bond motifs is 2. The van der Waals surface area contributed by atoms with Gasteiger partial charge in [-0.15, -0.1) is 0 Å². The highest BCUT2D eigenvalue weighted by Crippen LogP contribution is 2.46. The third-order valence-corrected chi connectivity index (χ3v) is 6.87. The van der Waals surface area contributed by atoms with E-state index in [1.54, 1.807) is 0 Å². The Bertz CT molecular complexity index is 1820. The van der Waals surface area contributed by atoms with Gasteiger partial charge in [-0.3, -0.25) is 0 Å². The number of rotatable bonds is 4. The van der Waals surface area contributed by atoms with Gasteiger partial charge < -0.3 is 8.82 Å². The Morgan fingerprint density at radius 1 is 0.444 bits per heavy atom. The zero-order valence-electron chi connectivity index (χ0n) is 19.6. The number of pyridine rings is 1. The fourth-order valence-electron chi connectivity index (χ4n) is 5.22. The first-order valence-corrected chi connectivity index (χ1v) is 12.2. The van der Waals surface area contributed by atoms with Gasteiger partial charge in [0.2, 0.25) is 0 Å². The van der Waals surface area contributed by atoms with Crippen molar-refractivity contribution in [2.24, 2.45) is 0 Å². The summed E-state index contributed by atoms with van der Waals surface area (Å²) in [5.74, 6) is 1.80. The van der Waals surface area contributed by atoms with E-state index in [0.717, 1.165) is 50.1 Å². The van der Waals surface area contributed by atoms with Crippen molar-refractivity contribution in [1.29, 1.82) is 0 Å². The highest BCUT2D eigenvalue weighted by atomic mass is 16.3. The van der Waals surface area contributed by atoms with Gasteiger partial charge in [-0.2, -0.15) is 0 Å². The lowest BCUT2D eigenvalue weighted by molar-refractivity contribution is 0.603. The van der Waals surface area contributed by atoms with Crippen LogP contribution >= 0.6 is 0 Å². The molecule has 170 valence electrons. The van der Waals surface area contributed by atoms with Gasteiger partial charge in [-0.05, 0) is 28.8 Å². The number of benzene rings is 4. The maximum Gasteiger partial charge on any atom is 0.145 e. The number of nitrogens with zero attached hydrogens (tertiary/aromatic N) is 1. The summed E-state index contributed by atoms with van der Waals surface area (Å²) >= 11 is 0. The molecule has 0 bridgehead atoms. The SMILES string of the molecule is c1ccc(-c2ccccc2-c2oc(-c3c(-c4ccccc4)cn4ccccc34)c3ccccc23)cc1. The monoisotopic (exact) mass is 461 g/mol. The average Bonchev–Trinajstić information content (AvgIpc) is 3.53. The molecule has 0 saturated carbocycles. The second kappa shape index (κ2) is 8.44. The minimum atomic E-state index is 0.898. The van der Waals surface area contributed by atoms with Crippen molar-refractivity contribution in [2.45, 2.75) is 0 Å². The molecule has 0 saturated heterocycles. The molecule has 0 N–H and O–H groups in total. The first-order chi connectivity index (χ1) is 17.9. The quantitative estimate of drug-likeness (QED) is 0.255. The lowest BCUT2D eigenvalue weighted by atomic mass is 9.96. The number of furan rings is 1. The van der Waals surface area contributed by atoms with E-state index in [2.05, 4.69) is 144 Å². The normalized spacial score (nSPS) is 11.3. The van der Waals surface area contributed by atoms with Crippen LogP contribution in [0, 0.1) is 0 Å². The van der Waals surface area contributed by atoms with Crippen molar-refractivity contribution in [3.63, 3.8) is 0 Å². The zero-order chi connectivity index (χ0) is 23.9. The summed E-state index contributed by atoms with van der Waals surface area (Å²) in [4.78, 5) is 0. The molecule has 4 aromatic carbocycles. The van der Waals surface area contributed by atoms with Crippen molar-refractivity contribution in [3.8, 4) is 44.9 Å². The molecule has 36 heavy (non-hydrogen) atoms. The summed E-state index contributed by atoms with van der Waals surface area (Å²) in [6.45, 7) is 0. The largest absolute Gasteiger partial charge is 0.455 e. The predicted octanol–water partition coefficient (Wildman–Crippen LogP) is 9.35. The van der Waals surface area contributed by atoms with Gasteiger partial charge in [-0.25, -0.2) is 0 Å². The van der Waals surface area contributed by atoms with E-state index in [1.807, 2.05) is 0 Å². The number of hydrogen-bond acceptors (Lipinski definition) is 1. The first-order valence-electron chi connectivity index (χ1n) is 12.2. The Labute approximate surface area is 209 Å². The second-order valence-electron chi connectivity index (χ2n) is 8.99. The Morgan fingerprint density at radius 3 is 1.72 bits per heavy atom. The van der Waals surface area contributed by atoms with Gasteiger partial charge in [0.25, 0.3) is 0 Å². The molecular formula is C34H23NO. The fourth-order valence-corrected chi connectivity index (χ4v) is 5.22. The molecule has 7 aromatic rings. The molecular weight excluding hydrogens is 438 g/mol. The summed E-state index contributed by atoms with van der Waals surface area (Å²) in [5, 5.41) is 2.23. The van der Waals surface area contributed by atoms with Crippen LogP contribution in [0.25, 0.3) is 61.2 Å². The van der Waals surface area contributed by atoms with Gasteiger partial charge >= 0.3 is 0 Å². The Kier molecular flexibility index (Phi) is 4.82. The van der Waals surface area contributed by atoms with Gasteiger partial charge in [0.15, 0.2) is 0 Å². The van der Waals surface area contributed by atoms with Crippen LogP contribution in [-0.2, 0) is 0 Å². The smallest absolute Gasteiger partial charge is 0.145 e. The van der Waals surface area contributed by atoms with E-state index < -0.39 is 0 Å². The standard InChI is InChI=1S/C34H23NO/c1-3-13-24(14-4-1)26-17-7-8-18-27(26)33-28-19-9-10-20-29(28)34(36-33)32-30(25-15-5-2-6-16-25)23-35-22-12-11-21-31(32)35/h1-23H. The maximum atomic E-state index is 6.91. The van der Waals surface area contributed by atoms with E-state index in [-0.39, 0.29) is 0 Å². The van der Waals surface area contributed by atoms with Crippen LogP contribution in [0.3, 0.4) is 0 Å². The molecule has 2 heteroatoms. The molecule has 0 atom stereocenters. The van der Waals surface area contributed by atoms with Crippen LogP contribution in [0.15, 0.2) is 144 Å². The molecule has 3 heterocycles. The van der Waals surface area contributed by atoms with E-state index >= 15 is 0 Å². The third kappa shape index (κ3) is 3.27. The van der Waals surface area contributed by atoms with Gasteiger partial charge in [0, 0.05) is 34.3 Å². The van der Waals surface area contributed by atoms with Crippen molar-refractivity contribution in [2.75, 3.05) is 0 Å². The Hall–Kier alpha value is -4.82. The number of aromatic nitrogens is 1. The topological polar surface area (TPSA) is 17.6 Å². The zero-order valence-corrected chi connectivity index (χ0v) is 19.6. The van der Waals surface area contributed by atoms with E-state index in [1.165, 1.54) is 11.1 Å². The summed E-state index contributed by atoms with van der Waals surface area (Å²) in [6, 6.07) is 44.4. The Morgan fingerprint density at radius 2 is 1.00 bits per heavy atom.